The zero-order valence-corrected chi connectivity index (χ0v) is 42.6. The molecule has 4 N–H and O–H groups in total. The summed E-state index contributed by atoms with van der Waals surface area (Å²) in [5, 5.41) is 38.8. The molecule has 2 amide bonds. The Labute approximate surface area is 448 Å². The van der Waals surface area contributed by atoms with Crippen LogP contribution in [0.15, 0.2) is 140 Å². The average molecular weight is 1050 g/mol. The molecule has 78 heavy (non-hydrogen) atoms. The highest BCUT2D eigenvalue weighted by Gasteiger charge is 2.32. The molecule has 0 bridgehead atoms. The number of anilines is 6. The fourth-order valence-electron chi connectivity index (χ4n) is 9.83. The van der Waals surface area contributed by atoms with Crippen molar-refractivity contribution in [1.82, 2.24) is 40.0 Å². The zero-order valence-electron chi connectivity index (χ0n) is 42.6. The number of aromatic nitrogens is 8. The van der Waals surface area contributed by atoms with Crippen molar-refractivity contribution >= 4 is 58.3 Å². The van der Waals surface area contributed by atoms with Crippen LogP contribution in [-0.4, -0.2) is 128 Å². The van der Waals surface area contributed by atoms with Gasteiger partial charge in [-0.2, -0.15) is 10.2 Å². The molecule has 22 nitrogen and oxygen atoms in total. The summed E-state index contributed by atoms with van der Waals surface area (Å²) in [6.45, 7) is 7.29. The summed E-state index contributed by atoms with van der Waals surface area (Å²) < 4.78 is 27.1. The SMILES string of the molecule is O=C1Nc2ccccc2C(c2ccccc2)=N[C@@H]1Nc1nnc(-c2cn(CC3CC3)nc2N2CCOCC2)o1.O=C1Nc2ccccc2C(c2ccccc2)=N[C@H]1Nc1nnc(-c2cn(CC3CC3)nc2N2CCOCC2)o1. The van der Waals surface area contributed by atoms with Crippen molar-refractivity contribution in [3.05, 3.63) is 144 Å². The second-order valence-corrected chi connectivity index (χ2v) is 19.9. The zero-order chi connectivity index (χ0) is 52.4. The van der Waals surface area contributed by atoms with Crippen molar-refractivity contribution in [2.24, 2.45) is 21.8 Å². The van der Waals surface area contributed by atoms with Crippen LogP contribution >= 0.6 is 0 Å². The Bertz CT molecular complexity index is 3270. The van der Waals surface area contributed by atoms with E-state index < -0.39 is 12.3 Å². The highest BCUT2D eigenvalue weighted by molar-refractivity contribution is 6.20. The minimum Gasteiger partial charge on any atom is -0.403 e. The Morgan fingerprint density at radius 1 is 0.487 bits per heavy atom. The largest absolute Gasteiger partial charge is 0.403 e. The van der Waals surface area contributed by atoms with Gasteiger partial charge in [0, 0.05) is 73.9 Å². The number of ether oxygens (including phenoxy) is 2. The maximum absolute atomic E-state index is 13.2. The number of amides is 2. The molecule has 2 saturated heterocycles. The van der Waals surface area contributed by atoms with E-state index in [2.05, 4.69) is 51.5 Å². The standard InChI is InChI=1S/2C28H28N8O3/c2*37-26-24(30-23(19-6-2-1-3-7-19)20-8-4-5-9-22(20)29-26)31-28-33-32-27(39-28)21-17-36(16-18-10-11-18)34-25(21)35-12-14-38-15-13-35/h2*1-9,17-18,24H,10-16H2,(H,29,37)(H,31,33)/t2*24-/m10/s1. The molecule has 2 atom stereocenters. The third-order valence-corrected chi connectivity index (χ3v) is 14.2. The van der Waals surface area contributed by atoms with Crippen LogP contribution in [0.5, 0.6) is 0 Å². The third kappa shape index (κ3) is 10.7. The van der Waals surface area contributed by atoms with Gasteiger partial charge < -0.3 is 49.4 Å². The van der Waals surface area contributed by atoms with Gasteiger partial charge in [0.05, 0.1) is 49.2 Å². The average Bonchev–Trinajstić information content (AvgIpc) is 4.33. The number of rotatable bonds is 14. The van der Waals surface area contributed by atoms with E-state index in [0.29, 0.717) is 72.8 Å². The number of para-hydroxylation sites is 2. The summed E-state index contributed by atoms with van der Waals surface area (Å²) in [4.78, 5) is 40.4. The number of aliphatic imine (C=N–C) groups is 2. The lowest BCUT2D eigenvalue weighted by molar-refractivity contribution is -0.117. The molecule has 0 unspecified atom stereocenters. The number of hydrogen-bond acceptors (Lipinski definition) is 18. The Morgan fingerprint density at radius 2 is 0.885 bits per heavy atom. The number of carbonyl (C=O) groups excluding carboxylic acids is 2. The van der Waals surface area contributed by atoms with Crippen LogP contribution in [0.25, 0.3) is 22.9 Å². The van der Waals surface area contributed by atoms with Gasteiger partial charge >= 0.3 is 12.0 Å². The highest BCUT2D eigenvalue weighted by Crippen LogP contribution is 2.37. The number of carbonyl (C=O) groups is 2. The molecular weight excluding hydrogens is 993 g/mol. The van der Waals surface area contributed by atoms with Gasteiger partial charge in [-0.15, -0.1) is 10.2 Å². The van der Waals surface area contributed by atoms with Crippen molar-refractivity contribution in [1.29, 1.82) is 0 Å². The second-order valence-electron chi connectivity index (χ2n) is 19.9. The van der Waals surface area contributed by atoms with Gasteiger partial charge in [-0.25, -0.2) is 9.98 Å². The van der Waals surface area contributed by atoms with E-state index in [9.17, 15) is 9.59 Å². The van der Waals surface area contributed by atoms with Crippen LogP contribution < -0.4 is 31.1 Å². The van der Waals surface area contributed by atoms with E-state index in [1.165, 1.54) is 25.7 Å². The first-order valence-electron chi connectivity index (χ1n) is 26.5. The normalized spacial score (nSPS) is 19.2. The molecule has 2 saturated carbocycles. The summed E-state index contributed by atoms with van der Waals surface area (Å²) in [7, 11) is 0. The molecule has 14 rings (SSSR count). The van der Waals surface area contributed by atoms with E-state index >= 15 is 0 Å². The molecule has 2 aliphatic carbocycles. The predicted molar refractivity (Wildman–Crippen MR) is 292 cm³/mol. The molecule has 0 radical (unpaired) electrons. The van der Waals surface area contributed by atoms with Crippen LogP contribution in [-0.2, 0) is 32.2 Å². The Kier molecular flexibility index (Phi) is 13.4. The molecule has 396 valence electrons. The Balaban J connectivity index is 0.000000148. The lowest BCUT2D eigenvalue weighted by Crippen LogP contribution is -2.36. The van der Waals surface area contributed by atoms with E-state index in [1.54, 1.807) is 0 Å². The molecule has 22 heteroatoms. The van der Waals surface area contributed by atoms with Gasteiger partial charge in [-0.05, 0) is 49.7 Å². The van der Waals surface area contributed by atoms with Crippen molar-refractivity contribution in [2.75, 3.05) is 83.7 Å². The van der Waals surface area contributed by atoms with E-state index in [0.717, 1.165) is 84.3 Å². The number of benzodiazepines with no additional fused rings is 2. The van der Waals surface area contributed by atoms with Gasteiger partial charge in [-0.3, -0.25) is 19.0 Å². The van der Waals surface area contributed by atoms with Crippen molar-refractivity contribution in [3.63, 3.8) is 0 Å². The van der Waals surface area contributed by atoms with E-state index in [-0.39, 0.29) is 23.8 Å². The summed E-state index contributed by atoms with van der Waals surface area (Å²) in [5.41, 5.74) is 7.79. The summed E-state index contributed by atoms with van der Waals surface area (Å²) >= 11 is 0. The topological polar surface area (TPSA) is 245 Å². The Hall–Kier alpha value is -9.02. The third-order valence-electron chi connectivity index (χ3n) is 14.2. The molecular formula is C56H56N16O6. The van der Waals surface area contributed by atoms with Crippen LogP contribution in [0.4, 0.5) is 35.0 Å². The first kappa shape index (κ1) is 48.6. The fourth-order valence-corrected chi connectivity index (χ4v) is 9.83. The van der Waals surface area contributed by atoms with Crippen LogP contribution in [0.3, 0.4) is 0 Å². The predicted octanol–water partition coefficient (Wildman–Crippen LogP) is 6.81. The van der Waals surface area contributed by atoms with Crippen molar-refractivity contribution in [2.45, 2.75) is 51.1 Å². The molecule has 4 aromatic heterocycles. The van der Waals surface area contributed by atoms with Crippen molar-refractivity contribution in [3.8, 4) is 22.9 Å². The van der Waals surface area contributed by atoms with Crippen LogP contribution in [0.2, 0.25) is 0 Å². The monoisotopic (exact) mass is 1050 g/mol. The lowest BCUT2D eigenvalue weighted by atomic mass is 10.0. The molecule has 4 aliphatic heterocycles. The number of nitrogens with zero attached hydrogens (tertiary/aromatic N) is 12. The number of nitrogens with one attached hydrogen (secondary N) is 4. The fraction of sp³-hybridized carbons (Fsp3) is 0.321. The number of morpholine rings is 2. The smallest absolute Gasteiger partial charge is 0.317 e. The second kappa shape index (κ2) is 21.5. The number of benzene rings is 4. The van der Waals surface area contributed by atoms with Crippen LogP contribution in [0.1, 0.15) is 47.9 Å². The van der Waals surface area contributed by atoms with E-state index in [4.69, 9.17) is 38.5 Å². The van der Waals surface area contributed by atoms with Gasteiger partial charge in [0.25, 0.3) is 23.6 Å². The quantitative estimate of drug-likeness (QED) is 0.0873. The lowest BCUT2D eigenvalue weighted by Gasteiger charge is -2.27. The highest BCUT2D eigenvalue weighted by atomic mass is 16.5. The molecule has 6 aliphatic rings. The maximum Gasteiger partial charge on any atom is 0.317 e. The van der Waals surface area contributed by atoms with Gasteiger partial charge in [0.15, 0.2) is 11.6 Å². The maximum atomic E-state index is 13.2. The van der Waals surface area contributed by atoms with Gasteiger partial charge in [0.2, 0.25) is 12.3 Å². The molecule has 4 aromatic carbocycles. The number of fused-ring (bicyclic) bond motifs is 2. The van der Waals surface area contributed by atoms with Gasteiger partial charge in [0.1, 0.15) is 11.1 Å². The molecule has 8 heterocycles. The minimum absolute atomic E-state index is 0.107. The summed E-state index contributed by atoms with van der Waals surface area (Å²) in [6.07, 6.45) is 6.92. The van der Waals surface area contributed by atoms with E-state index in [1.807, 2.05) is 131 Å². The molecule has 8 aromatic rings. The summed E-state index contributed by atoms with van der Waals surface area (Å²) in [5.74, 6) is 2.99. The minimum atomic E-state index is -0.975. The summed E-state index contributed by atoms with van der Waals surface area (Å²) in [6, 6.07) is 35.0. The first-order chi connectivity index (χ1) is 38.4. The van der Waals surface area contributed by atoms with Crippen molar-refractivity contribution < 1.29 is 27.9 Å². The number of hydrogen-bond donors (Lipinski definition) is 4. The van der Waals surface area contributed by atoms with Crippen LogP contribution in [0, 0.1) is 11.8 Å². The molecule has 4 fully saturated rings. The first-order valence-corrected chi connectivity index (χ1v) is 26.5. The molecule has 0 spiro atoms. The Morgan fingerprint density at radius 3 is 1.29 bits per heavy atom. The van der Waals surface area contributed by atoms with Gasteiger partial charge in [-0.1, -0.05) is 107 Å².